The lowest BCUT2D eigenvalue weighted by molar-refractivity contribution is -0.302. The van der Waals surface area contributed by atoms with Crippen molar-refractivity contribution in [3.05, 3.63) is 24.3 Å². The molecule has 1 aliphatic rings. The molecule has 330 valence electrons. The summed E-state index contributed by atoms with van der Waals surface area (Å²) >= 11 is 0. The van der Waals surface area contributed by atoms with Crippen LogP contribution in [0.5, 0.6) is 0 Å². The van der Waals surface area contributed by atoms with E-state index >= 15 is 0 Å². The molecule has 8 unspecified atom stereocenters. The summed E-state index contributed by atoms with van der Waals surface area (Å²) in [6.07, 6.45) is 32.7. The van der Waals surface area contributed by atoms with Crippen molar-refractivity contribution in [3.63, 3.8) is 0 Å². The van der Waals surface area contributed by atoms with E-state index in [9.17, 15) is 35.4 Å². The van der Waals surface area contributed by atoms with Crippen LogP contribution in [-0.4, -0.2) is 98.7 Å². The van der Waals surface area contributed by atoms with Gasteiger partial charge in [-0.05, 0) is 44.9 Å². The smallest absolute Gasteiger partial charge is 0.249 e. The molecule has 1 amide bonds. The third kappa shape index (κ3) is 26.6. The van der Waals surface area contributed by atoms with Crippen LogP contribution < -0.4 is 5.32 Å². The van der Waals surface area contributed by atoms with Gasteiger partial charge in [0.2, 0.25) is 5.91 Å². The first-order chi connectivity index (χ1) is 27.3. The second-order valence-electron chi connectivity index (χ2n) is 16.3. The van der Waals surface area contributed by atoms with Crippen LogP contribution in [0.2, 0.25) is 0 Å². The number of carbonyl (C=O) groups is 1. The number of aliphatic hydroxyl groups excluding tert-OH is 6. The molecule has 0 bridgehead atoms. The molecule has 0 spiro atoms. The fraction of sp³-hybridized carbons (Fsp3) is 0.891. The minimum absolute atomic E-state index is 0.304. The highest BCUT2D eigenvalue weighted by Gasteiger charge is 2.44. The zero-order valence-electron chi connectivity index (χ0n) is 35.8. The van der Waals surface area contributed by atoms with Crippen LogP contribution in [0.3, 0.4) is 0 Å². The maximum Gasteiger partial charge on any atom is 0.249 e. The number of hydrogen-bond donors (Lipinski definition) is 7. The molecule has 10 nitrogen and oxygen atoms in total. The molecule has 1 heterocycles. The fourth-order valence-corrected chi connectivity index (χ4v) is 7.27. The Hall–Kier alpha value is -1.37. The van der Waals surface area contributed by atoms with Gasteiger partial charge in [0.25, 0.3) is 0 Å². The number of amides is 1. The first-order valence-corrected chi connectivity index (χ1v) is 23.2. The number of hydrogen-bond acceptors (Lipinski definition) is 9. The lowest BCUT2D eigenvalue weighted by Gasteiger charge is -2.40. The van der Waals surface area contributed by atoms with Gasteiger partial charge in [-0.2, -0.15) is 0 Å². The predicted molar refractivity (Wildman–Crippen MR) is 227 cm³/mol. The largest absolute Gasteiger partial charge is 0.394 e. The molecular weight excluding hydrogens is 711 g/mol. The molecule has 0 aromatic heterocycles. The summed E-state index contributed by atoms with van der Waals surface area (Å²) in [4.78, 5) is 13.0. The van der Waals surface area contributed by atoms with E-state index in [2.05, 4.69) is 31.3 Å². The van der Waals surface area contributed by atoms with Gasteiger partial charge >= 0.3 is 0 Å². The second-order valence-corrected chi connectivity index (χ2v) is 16.3. The van der Waals surface area contributed by atoms with Crippen molar-refractivity contribution in [2.45, 2.75) is 249 Å². The lowest BCUT2D eigenvalue weighted by atomic mass is 9.99. The Morgan fingerprint density at radius 1 is 0.607 bits per heavy atom. The maximum atomic E-state index is 13.0. The monoisotopic (exact) mass is 798 g/mol. The Kier molecular flexibility index (Phi) is 34.5. The van der Waals surface area contributed by atoms with Gasteiger partial charge in [0, 0.05) is 0 Å². The number of unbranched alkanes of at least 4 members (excludes halogenated alkanes) is 25. The third-order valence-corrected chi connectivity index (χ3v) is 11.1. The molecule has 0 radical (unpaired) electrons. The first kappa shape index (κ1) is 52.6. The molecule has 1 fully saturated rings. The van der Waals surface area contributed by atoms with Gasteiger partial charge in [0.15, 0.2) is 6.29 Å². The van der Waals surface area contributed by atoms with Gasteiger partial charge in [-0.1, -0.05) is 179 Å². The molecule has 0 aliphatic carbocycles. The van der Waals surface area contributed by atoms with E-state index in [0.717, 1.165) is 44.9 Å². The molecule has 8 atom stereocenters. The van der Waals surface area contributed by atoms with Crippen molar-refractivity contribution in [1.29, 1.82) is 0 Å². The number of ether oxygens (including phenoxy) is 2. The van der Waals surface area contributed by atoms with Crippen molar-refractivity contribution >= 4 is 5.91 Å². The van der Waals surface area contributed by atoms with Crippen LogP contribution in [-0.2, 0) is 14.3 Å². The van der Waals surface area contributed by atoms with E-state index in [1.807, 2.05) is 6.08 Å². The number of rotatable bonds is 38. The van der Waals surface area contributed by atoms with Crippen LogP contribution in [0, 0.1) is 0 Å². The van der Waals surface area contributed by atoms with Crippen molar-refractivity contribution < 1.29 is 44.9 Å². The van der Waals surface area contributed by atoms with E-state index in [-0.39, 0.29) is 6.61 Å². The minimum atomic E-state index is -1.61. The topological polar surface area (TPSA) is 169 Å². The summed E-state index contributed by atoms with van der Waals surface area (Å²) in [5.41, 5.74) is 0. The van der Waals surface area contributed by atoms with Gasteiger partial charge in [-0.15, -0.1) is 0 Å². The minimum Gasteiger partial charge on any atom is -0.394 e. The van der Waals surface area contributed by atoms with Gasteiger partial charge in [-0.25, -0.2) is 0 Å². The van der Waals surface area contributed by atoms with Crippen LogP contribution >= 0.6 is 0 Å². The number of aliphatic hydroxyl groups is 6. The summed E-state index contributed by atoms with van der Waals surface area (Å²) in [5, 5.41) is 64.5. The Balaban J connectivity index is 2.37. The Morgan fingerprint density at radius 3 is 1.50 bits per heavy atom. The number of carbonyl (C=O) groups excluding carboxylic acids is 1. The Bertz CT molecular complexity index is 948. The van der Waals surface area contributed by atoms with E-state index in [0.29, 0.717) is 12.8 Å². The van der Waals surface area contributed by atoms with Crippen molar-refractivity contribution in [2.24, 2.45) is 0 Å². The van der Waals surface area contributed by atoms with E-state index in [1.165, 1.54) is 128 Å². The van der Waals surface area contributed by atoms with Crippen LogP contribution in [0.1, 0.15) is 200 Å². The van der Waals surface area contributed by atoms with Crippen LogP contribution in [0.15, 0.2) is 24.3 Å². The zero-order valence-corrected chi connectivity index (χ0v) is 35.8. The highest BCUT2D eigenvalue weighted by atomic mass is 16.7. The zero-order chi connectivity index (χ0) is 41.1. The Labute approximate surface area is 341 Å². The highest BCUT2D eigenvalue weighted by molar-refractivity contribution is 5.80. The maximum absolute atomic E-state index is 13.0. The van der Waals surface area contributed by atoms with Gasteiger partial charge in [-0.3, -0.25) is 4.79 Å². The quantitative estimate of drug-likeness (QED) is 0.0239. The molecule has 0 saturated carbocycles. The first-order valence-electron chi connectivity index (χ1n) is 23.2. The average molecular weight is 798 g/mol. The van der Waals surface area contributed by atoms with E-state index in [4.69, 9.17) is 9.47 Å². The van der Waals surface area contributed by atoms with Crippen molar-refractivity contribution in [2.75, 3.05) is 13.2 Å². The van der Waals surface area contributed by atoms with E-state index in [1.54, 1.807) is 6.08 Å². The average Bonchev–Trinajstić information content (AvgIpc) is 3.20. The Morgan fingerprint density at radius 2 is 1.04 bits per heavy atom. The van der Waals surface area contributed by atoms with Gasteiger partial charge in [0.05, 0.1) is 25.4 Å². The molecule has 0 aromatic carbocycles. The predicted octanol–water partition coefficient (Wildman–Crippen LogP) is 8.47. The van der Waals surface area contributed by atoms with Crippen molar-refractivity contribution in [1.82, 2.24) is 5.32 Å². The van der Waals surface area contributed by atoms with Crippen LogP contribution in [0.4, 0.5) is 0 Å². The van der Waals surface area contributed by atoms with E-state index < -0.39 is 61.5 Å². The van der Waals surface area contributed by atoms with Crippen molar-refractivity contribution in [3.8, 4) is 0 Å². The molecule has 0 aromatic rings. The molecule has 7 N–H and O–H groups in total. The number of allylic oxidation sites excluding steroid dienone is 3. The van der Waals surface area contributed by atoms with Gasteiger partial charge in [0.1, 0.15) is 30.5 Å². The molecule has 1 saturated heterocycles. The fourth-order valence-electron chi connectivity index (χ4n) is 7.27. The normalized spacial score (nSPS) is 21.9. The standard InChI is InChI=1S/C46H87NO9/c1-3-5-7-9-11-13-15-16-17-18-19-20-21-22-23-25-27-29-31-33-35-40(50)45(54)47-38(37-55-46-44(53)43(52)42(51)41(36-48)56-46)39(49)34-32-30-28-26-24-14-12-10-8-6-4-2/h20-21,32,34,38-44,46,48-53H,3-19,22-31,33,35-37H2,1-2H3,(H,47,54)/b21-20-,34-32+. The molecule has 1 aliphatic heterocycles. The summed E-state index contributed by atoms with van der Waals surface area (Å²) in [6.45, 7) is 3.58. The summed E-state index contributed by atoms with van der Waals surface area (Å²) in [5.74, 6) is -0.622. The highest BCUT2D eigenvalue weighted by Crippen LogP contribution is 2.23. The van der Waals surface area contributed by atoms with Gasteiger partial charge < -0.3 is 45.4 Å². The van der Waals surface area contributed by atoms with Crippen LogP contribution in [0.25, 0.3) is 0 Å². The molecule has 1 rings (SSSR count). The summed E-state index contributed by atoms with van der Waals surface area (Å²) < 4.78 is 11.1. The SMILES string of the molecule is CCCCCCCCCCC/C=C/C(O)C(COC1OC(CO)C(O)C(O)C1O)NC(=O)C(O)CCCCCCCC/C=C\CCCCCCCCCCCC. The molecular formula is C46H87NO9. The molecule has 56 heavy (non-hydrogen) atoms. The molecule has 10 heteroatoms. The number of nitrogens with one attached hydrogen (secondary N) is 1. The lowest BCUT2D eigenvalue weighted by Crippen LogP contribution is -2.60. The second kappa shape index (κ2) is 36.7. The summed E-state index contributed by atoms with van der Waals surface area (Å²) in [6, 6.07) is -0.979. The summed E-state index contributed by atoms with van der Waals surface area (Å²) in [7, 11) is 0. The third-order valence-electron chi connectivity index (χ3n) is 11.1.